The van der Waals surface area contributed by atoms with Crippen LogP contribution in [0, 0.1) is 0 Å². The van der Waals surface area contributed by atoms with E-state index in [-0.39, 0.29) is 8.46 Å². The zero-order chi connectivity index (χ0) is 11.4. The molecule has 2 aromatic carbocycles. The molecule has 0 saturated heterocycles. The first-order valence-corrected chi connectivity index (χ1v) is 7.11. The van der Waals surface area contributed by atoms with Crippen LogP contribution in [0.25, 0.3) is 10.8 Å². The minimum Gasteiger partial charge on any atom is -0.507 e. The maximum Gasteiger partial charge on any atom is 0.325 e. The summed E-state index contributed by atoms with van der Waals surface area (Å²) in [5.41, 5.74) is 0. The molecule has 2 nitrogen and oxygen atoms in total. The average Bonchev–Trinajstić information content (AvgIpc) is 2.32. The zero-order valence-corrected chi connectivity index (χ0v) is 10.5. The van der Waals surface area contributed by atoms with Gasteiger partial charge in [0.15, 0.2) is 6.16 Å². The third-order valence-electron chi connectivity index (χ3n) is 2.31. The molecule has 0 saturated carbocycles. The second-order valence-electron chi connectivity index (χ2n) is 3.38. The summed E-state index contributed by atoms with van der Waals surface area (Å²) < 4.78 is 10.4. The number of hydrogen-bond donors (Lipinski definition) is 1. The molecule has 1 N–H and O–H groups in total. The van der Waals surface area contributed by atoms with Gasteiger partial charge in [-0.1, -0.05) is 34.9 Å². The maximum absolute atomic E-state index is 10.4. The third-order valence-corrected chi connectivity index (χ3v) is 4.25. The molecule has 16 heavy (non-hydrogen) atoms. The Morgan fingerprint density at radius 3 is 2.81 bits per heavy atom. The molecule has 0 radical (unpaired) electrons. The van der Waals surface area contributed by atoms with E-state index >= 15 is 0 Å². The van der Waals surface area contributed by atoms with Gasteiger partial charge in [0.2, 0.25) is 0 Å². The molecule has 4 heteroatoms. The molecule has 0 amide bonds. The van der Waals surface area contributed by atoms with Crippen molar-refractivity contribution >= 4 is 31.0 Å². The molecule has 0 spiro atoms. The molecule has 1 unspecified atom stereocenters. The summed E-state index contributed by atoms with van der Waals surface area (Å²) in [6.07, 6.45) is 0.660. The van der Waals surface area contributed by atoms with Crippen LogP contribution >= 0.6 is 20.2 Å². The van der Waals surface area contributed by atoms with E-state index in [2.05, 4.69) is 0 Å². The van der Waals surface area contributed by atoms with Crippen molar-refractivity contribution in [1.82, 2.24) is 0 Å². The molecule has 2 rings (SSSR count). The monoisotopic (exact) mass is 251 g/mol. The fourth-order valence-corrected chi connectivity index (χ4v) is 3.08. The van der Waals surface area contributed by atoms with Crippen molar-refractivity contribution in [2.24, 2.45) is 0 Å². The van der Waals surface area contributed by atoms with Crippen LogP contribution in [0.5, 0.6) is 5.75 Å². The van der Waals surface area contributed by atoms with Crippen LogP contribution in [0.3, 0.4) is 0 Å². The molecule has 0 aliphatic carbocycles. The molecular formula is C12H12O2PS+. The predicted molar refractivity (Wildman–Crippen MR) is 70.2 cm³/mol. The molecule has 0 aliphatic rings. The summed E-state index contributed by atoms with van der Waals surface area (Å²) in [6.45, 7) is 0. The van der Waals surface area contributed by atoms with Crippen LogP contribution in [0.1, 0.15) is 0 Å². The van der Waals surface area contributed by atoms with Gasteiger partial charge in [-0.2, -0.15) is 0 Å². The minimum atomic E-state index is -0.269. The van der Waals surface area contributed by atoms with Crippen LogP contribution in [-0.2, 0) is 4.57 Å². The van der Waals surface area contributed by atoms with Crippen molar-refractivity contribution in [3.8, 4) is 5.75 Å². The maximum atomic E-state index is 10.4. The van der Waals surface area contributed by atoms with Crippen molar-refractivity contribution < 1.29 is 9.67 Å². The number of benzene rings is 2. The van der Waals surface area contributed by atoms with Crippen molar-refractivity contribution in [3.63, 3.8) is 0 Å². The summed E-state index contributed by atoms with van der Waals surface area (Å²) in [4.78, 5) is 0.886. The molecule has 1 atom stereocenters. The van der Waals surface area contributed by atoms with Crippen LogP contribution in [0.15, 0.2) is 41.3 Å². The molecule has 0 heterocycles. The van der Waals surface area contributed by atoms with E-state index in [0.29, 0.717) is 11.9 Å². The first-order valence-electron chi connectivity index (χ1n) is 5.01. The summed E-state index contributed by atoms with van der Waals surface area (Å²) in [6, 6.07) is 11.6. The van der Waals surface area contributed by atoms with Gasteiger partial charge in [0.05, 0.1) is 4.90 Å². The van der Waals surface area contributed by atoms with Crippen molar-refractivity contribution in [3.05, 3.63) is 36.4 Å². The molecular weight excluding hydrogens is 239 g/mol. The first-order chi connectivity index (χ1) is 7.83. The standard InChI is InChI=1S/C12H11O2PS/c13-11-6-5-9-3-1-2-4-10(9)12(11)16-8-7-15-14/h1-6,13H,7-8H2/p+1. The number of rotatable bonds is 4. The van der Waals surface area contributed by atoms with E-state index < -0.39 is 0 Å². The number of phenolic OH excluding ortho intramolecular Hbond substituents is 1. The van der Waals surface area contributed by atoms with Gasteiger partial charge in [-0.25, -0.2) is 0 Å². The zero-order valence-electron chi connectivity index (χ0n) is 8.64. The Morgan fingerprint density at radius 1 is 1.19 bits per heavy atom. The summed E-state index contributed by atoms with van der Waals surface area (Å²) in [7, 11) is -0.269. The van der Waals surface area contributed by atoms with E-state index in [1.54, 1.807) is 17.8 Å². The van der Waals surface area contributed by atoms with E-state index in [0.717, 1.165) is 21.4 Å². The lowest BCUT2D eigenvalue weighted by atomic mass is 10.1. The van der Waals surface area contributed by atoms with Gasteiger partial charge >= 0.3 is 8.46 Å². The lowest BCUT2D eigenvalue weighted by Crippen LogP contribution is -1.83. The van der Waals surface area contributed by atoms with Crippen LogP contribution in [-0.4, -0.2) is 17.0 Å². The van der Waals surface area contributed by atoms with Gasteiger partial charge in [0.25, 0.3) is 0 Å². The average molecular weight is 251 g/mol. The molecule has 0 fully saturated rings. The first kappa shape index (κ1) is 11.4. The molecule has 0 bridgehead atoms. The van der Waals surface area contributed by atoms with Crippen LogP contribution < -0.4 is 0 Å². The fraction of sp³-hybridized carbons (Fsp3) is 0.167. The topological polar surface area (TPSA) is 37.3 Å². The minimum absolute atomic E-state index is 0.269. The number of thioether (sulfide) groups is 1. The number of hydrogen-bond acceptors (Lipinski definition) is 3. The summed E-state index contributed by atoms with van der Waals surface area (Å²) in [5.74, 6) is 1.07. The SMILES string of the molecule is O=[PH+]CCSc1c(O)ccc2ccccc12. The quantitative estimate of drug-likeness (QED) is 0.512. The second-order valence-corrected chi connectivity index (χ2v) is 5.27. The third kappa shape index (κ3) is 2.37. The Hall–Kier alpha value is -1.05. The smallest absolute Gasteiger partial charge is 0.325 e. The molecule has 0 aliphatic heterocycles. The number of fused-ring (bicyclic) bond motifs is 1. The largest absolute Gasteiger partial charge is 0.507 e. The summed E-state index contributed by atoms with van der Waals surface area (Å²) >= 11 is 1.56. The molecule has 2 aromatic rings. The second kappa shape index (κ2) is 5.33. The Balaban J connectivity index is 2.40. The van der Waals surface area contributed by atoms with E-state index in [1.807, 2.05) is 30.3 Å². The van der Waals surface area contributed by atoms with E-state index in [1.165, 1.54) is 0 Å². The van der Waals surface area contributed by atoms with Crippen molar-refractivity contribution in [2.45, 2.75) is 4.90 Å². The highest BCUT2D eigenvalue weighted by Crippen LogP contribution is 2.35. The van der Waals surface area contributed by atoms with Gasteiger partial charge in [0, 0.05) is 5.75 Å². The highest BCUT2D eigenvalue weighted by molar-refractivity contribution is 7.99. The van der Waals surface area contributed by atoms with Gasteiger partial charge in [0.1, 0.15) is 5.75 Å². The number of phenols is 1. The summed E-state index contributed by atoms with van der Waals surface area (Å²) in [5, 5.41) is 12.0. The normalized spacial score (nSPS) is 11.0. The fourth-order valence-electron chi connectivity index (χ4n) is 1.58. The van der Waals surface area contributed by atoms with E-state index in [4.69, 9.17) is 0 Å². The van der Waals surface area contributed by atoms with E-state index in [9.17, 15) is 9.67 Å². The van der Waals surface area contributed by atoms with Gasteiger partial charge < -0.3 is 5.11 Å². The van der Waals surface area contributed by atoms with Crippen LogP contribution in [0.4, 0.5) is 0 Å². The van der Waals surface area contributed by atoms with Gasteiger partial charge in [-0.05, 0) is 16.8 Å². The highest BCUT2D eigenvalue weighted by Gasteiger charge is 2.07. The Labute approximate surface area is 99.9 Å². The Morgan fingerprint density at radius 2 is 2.00 bits per heavy atom. The molecule has 82 valence electrons. The van der Waals surface area contributed by atoms with Gasteiger partial charge in [-0.3, -0.25) is 0 Å². The Bertz CT molecular complexity index is 513. The predicted octanol–water partition coefficient (Wildman–Crippen LogP) is 3.66. The lowest BCUT2D eigenvalue weighted by molar-refractivity contribution is 0.464. The Kier molecular flexibility index (Phi) is 3.81. The van der Waals surface area contributed by atoms with Crippen molar-refractivity contribution in [2.75, 3.05) is 11.9 Å². The number of aromatic hydroxyl groups is 1. The lowest BCUT2D eigenvalue weighted by Gasteiger charge is -2.06. The van der Waals surface area contributed by atoms with Crippen LogP contribution in [0.2, 0.25) is 0 Å². The highest BCUT2D eigenvalue weighted by atomic mass is 32.2. The molecule has 0 aromatic heterocycles. The van der Waals surface area contributed by atoms with Gasteiger partial charge in [-0.15, -0.1) is 11.8 Å². The van der Waals surface area contributed by atoms with Crippen molar-refractivity contribution in [1.29, 1.82) is 0 Å².